The predicted octanol–water partition coefficient (Wildman–Crippen LogP) is 3.28. The Hall–Kier alpha value is -0.0800. The number of nitrogens with one attached hydrogen (secondary N) is 1. The van der Waals surface area contributed by atoms with E-state index in [9.17, 15) is 0 Å². The van der Waals surface area contributed by atoms with E-state index in [0.717, 1.165) is 6.54 Å². The van der Waals surface area contributed by atoms with Crippen molar-refractivity contribution in [2.24, 2.45) is 5.41 Å². The third-order valence-electron chi connectivity index (χ3n) is 4.17. The highest BCUT2D eigenvalue weighted by Gasteiger charge is 2.27. The molecule has 1 heterocycles. The Labute approximate surface area is 108 Å². The summed E-state index contributed by atoms with van der Waals surface area (Å²) in [6.45, 7) is 14.3. The zero-order valence-electron chi connectivity index (χ0n) is 12.4. The summed E-state index contributed by atoms with van der Waals surface area (Å²) in [6, 6.07) is 0.702. The molecule has 0 aromatic carbocycles. The van der Waals surface area contributed by atoms with E-state index in [1.165, 1.54) is 51.7 Å². The fraction of sp³-hybridized carbons (Fsp3) is 1.00. The van der Waals surface area contributed by atoms with Gasteiger partial charge in [0.2, 0.25) is 0 Å². The third-order valence-corrected chi connectivity index (χ3v) is 4.17. The van der Waals surface area contributed by atoms with Gasteiger partial charge in [-0.25, -0.2) is 0 Å². The van der Waals surface area contributed by atoms with Crippen molar-refractivity contribution in [3.05, 3.63) is 0 Å². The number of piperidine rings is 1. The number of unbranched alkanes of at least 4 members (excludes halogenated alkanes) is 2. The molecule has 1 N–H and O–H groups in total. The predicted molar refractivity (Wildman–Crippen MR) is 76.4 cm³/mol. The first-order chi connectivity index (χ1) is 8.05. The number of rotatable bonds is 7. The lowest BCUT2D eigenvalue weighted by Gasteiger charge is -2.40. The second-order valence-corrected chi connectivity index (χ2v) is 6.46. The summed E-state index contributed by atoms with van der Waals surface area (Å²) >= 11 is 0. The minimum atomic E-state index is 0.574. The second kappa shape index (κ2) is 7.38. The quantitative estimate of drug-likeness (QED) is 0.687. The molecular formula is C15H32N2. The van der Waals surface area contributed by atoms with Gasteiger partial charge < -0.3 is 5.32 Å². The summed E-state index contributed by atoms with van der Waals surface area (Å²) in [5.41, 5.74) is 0.574. The van der Waals surface area contributed by atoms with Gasteiger partial charge in [-0.15, -0.1) is 0 Å². The van der Waals surface area contributed by atoms with Crippen LogP contribution in [0.25, 0.3) is 0 Å². The Bertz CT molecular complexity index is 191. The van der Waals surface area contributed by atoms with Gasteiger partial charge in [-0.2, -0.15) is 0 Å². The van der Waals surface area contributed by atoms with Crippen molar-refractivity contribution in [3.8, 4) is 0 Å². The topological polar surface area (TPSA) is 15.3 Å². The number of hydrogen-bond acceptors (Lipinski definition) is 2. The van der Waals surface area contributed by atoms with E-state index in [-0.39, 0.29) is 0 Å². The van der Waals surface area contributed by atoms with Crippen LogP contribution < -0.4 is 5.32 Å². The highest BCUT2D eigenvalue weighted by atomic mass is 15.2. The van der Waals surface area contributed by atoms with Gasteiger partial charge in [0.25, 0.3) is 0 Å². The summed E-state index contributed by atoms with van der Waals surface area (Å²) in [6.07, 6.45) is 6.72. The third kappa shape index (κ3) is 5.87. The maximum absolute atomic E-state index is 3.60. The van der Waals surface area contributed by atoms with Crippen LogP contribution in [0.3, 0.4) is 0 Å². The minimum Gasteiger partial charge on any atom is -0.315 e. The van der Waals surface area contributed by atoms with Crippen LogP contribution in [-0.2, 0) is 0 Å². The molecule has 1 saturated heterocycles. The Balaban J connectivity index is 2.10. The maximum atomic E-state index is 3.60. The van der Waals surface area contributed by atoms with Crippen LogP contribution in [0.2, 0.25) is 0 Å². The first kappa shape index (κ1) is 15.0. The second-order valence-electron chi connectivity index (χ2n) is 6.46. The van der Waals surface area contributed by atoms with Crippen LogP contribution in [0, 0.1) is 5.41 Å². The molecule has 0 aromatic heterocycles. The van der Waals surface area contributed by atoms with Gasteiger partial charge in [0.15, 0.2) is 0 Å². The van der Waals surface area contributed by atoms with E-state index in [1.54, 1.807) is 0 Å². The van der Waals surface area contributed by atoms with Crippen LogP contribution in [-0.4, -0.2) is 37.1 Å². The summed E-state index contributed by atoms with van der Waals surface area (Å²) in [5.74, 6) is 0. The van der Waals surface area contributed by atoms with E-state index in [0.29, 0.717) is 11.5 Å². The molecule has 1 aliphatic heterocycles. The van der Waals surface area contributed by atoms with Crippen molar-refractivity contribution in [2.45, 2.75) is 65.8 Å². The first-order valence-electron chi connectivity index (χ1n) is 7.50. The monoisotopic (exact) mass is 240 g/mol. The summed E-state index contributed by atoms with van der Waals surface area (Å²) in [5, 5.41) is 3.60. The highest BCUT2D eigenvalue weighted by Crippen LogP contribution is 2.30. The van der Waals surface area contributed by atoms with Crippen LogP contribution in [0.15, 0.2) is 0 Å². The number of hydrogen-bond donors (Lipinski definition) is 1. The molecular weight excluding hydrogens is 208 g/mol. The summed E-state index contributed by atoms with van der Waals surface area (Å²) < 4.78 is 0. The van der Waals surface area contributed by atoms with Crippen molar-refractivity contribution < 1.29 is 0 Å². The molecule has 1 aliphatic rings. The van der Waals surface area contributed by atoms with Crippen LogP contribution in [0.1, 0.15) is 59.8 Å². The lowest BCUT2D eigenvalue weighted by atomic mass is 9.82. The molecule has 0 amide bonds. The zero-order valence-corrected chi connectivity index (χ0v) is 12.4. The van der Waals surface area contributed by atoms with Crippen LogP contribution in [0.5, 0.6) is 0 Å². The SMILES string of the molecule is CCCCCNCC(C)N1CCC(C)(C)CC1. The molecule has 1 atom stereocenters. The van der Waals surface area contributed by atoms with Crippen LogP contribution in [0.4, 0.5) is 0 Å². The Morgan fingerprint density at radius 2 is 1.82 bits per heavy atom. The van der Waals surface area contributed by atoms with Gasteiger partial charge in [0, 0.05) is 12.6 Å². The maximum Gasteiger partial charge on any atom is 0.0192 e. The Morgan fingerprint density at radius 3 is 2.41 bits per heavy atom. The first-order valence-corrected chi connectivity index (χ1v) is 7.50. The lowest BCUT2D eigenvalue weighted by molar-refractivity contribution is 0.0998. The van der Waals surface area contributed by atoms with E-state index in [1.807, 2.05) is 0 Å². The normalized spacial score (nSPS) is 22.6. The number of likely N-dealkylation sites (tertiary alicyclic amines) is 1. The molecule has 102 valence electrons. The van der Waals surface area contributed by atoms with Crippen molar-refractivity contribution in [1.29, 1.82) is 0 Å². The van der Waals surface area contributed by atoms with Gasteiger partial charge in [0.1, 0.15) is 0 Å². The van der Waals surface area contributed by atoms with Gasteiger partial charge in [0.05, 0.1) is 0 Å². The smallest absolute Gasteiger partial charge is 0.0192 e. The van der Waals surface area contributed by atoms with Crippen LogP contribution >= 0.6 is 0 Å². The average molecular weight is 240 g/mol. The molecule has 1 fully saturated rings. The summed E-state index contributed by atoms with van der Waals surface area (Å²) in [7, 11) is 0. The van der Waals surface area contributed by atoms with Gasteiger partial charge in [-0.1, -0.05) is 33.6 Å². The highest BCUT2D eigenvalue weighted by molar-refractivity contribution is 4.81. The van der Waals surface area contributed by atoms with Crippen molar-refractivity contribution >= 4 is 0 Å². The van der Waals surface area contributed by atoms with Crippen molar-refractivity contribution in [2.75, 3.05) is 26.2 Å². The Kier molecular flexibility index (Phi) is 6.50. The van der Waals surface area contributed by atoms with E-state index in [2.05, 4.69) is 37.9 Å². The molecule has 17 heavy (non-hydrogen) atoms. The van der Waals surface area contributed by atoms with Gasteiger partial charge in [-0.05, 0) is 51.2 Å². The molecule has 1 rings (SSSR count). The van der Waals surface area contributed by atoms with E-state index >= 15 is 0 Å². The molecule has 0 spiro atoms. The molecule has 0 aliphatic carbocycles. The van der Waals surface area contributed by atoms with Crippen molar-refractivity contribution in [3.63, 3.8) is 0 Å². The van der Waals surface area contributed by atoms with Gasteiger partial charge in [-0.3, -0.25) is 4.90 Å². The molecule has 0 bridgehead atoms. The average Bonchev–Trinajstić information content (AvgIpc) is 2.28. The molecule has 0 aromatic rings. The largest absolute Gasteiger partial charge is 0.315 e. The molecule has 1 unspecified atom stereocenters. The molecule has 0 radical (unpaired) electrons. The fourth-order valence-corrected chi connectivity index (χ4v) is 2.51. The molecule has 2 nitrogen and oxygen atoms in total. The number of nitrogens with zero attached hydrogens (tertiary/aromatic N) is 1. The Morgan fingerprint density at radius 1 is 1.18 bits per heavy atom. The zero-order chi connectivity index (χ0) is 12.7. The molecule has 0 saturated carbocycles. The standard InChI is InChI=1S/C15H32N2/c1-5-6-7-10-16-13-14(2)17-11-8-15(3,4)9-12-17/h14,16H,5-13H2,1-4H3. The van der Waals surface area contributed by atoms with Crippen molar-refractivity contribution in [1.82, 2.24) is 10.2 Å². The van der Waals surface area contributed by atoms with E-state index < -0.39 is 0 Å². The summed E-state index contributed by atoms with van der Waals surface area (Å²) in [4.78, 5) is 2.65. The van der Waals surface area contributed by atoms with Gasteiger partial charge >= 0.3 is 0 Å². The van der Waals surface area contributed by atoms with E-state index in [4.69, 9.17) is 0 Å². The fourth-order valence-electron chi connectivity index (χ4n) is 2.51. The lowest BCUT2D eigenvalue weighted by Crippen LogP contribution is -2.46. The minimum absolute atomic E-state index is 0.574. The molecule has 2 heteroatoms.